The average molecular weight is 968 g/mol. The molecule has 0 aliphatic heterocycles. The number of pyridine rings is 2. The number of nitrogens with one attached hydrogen (secondary N) is 4. The molecule has 63 heavy (non-hydrogen) atoms. The van der Waals surface area contributed by atoms with Crippen molar-refractivity contribution in [3.8, 4) is 0 Å². The van der Waals surface area contributed by atoms with Gasteiger partial charge in [-0.15, -0.1) is 0 Å². The topological polar surface area (TPSA) is 337 Å². The predicted octanol–water partition coefficient (Wildman–Crippen LogP) is 2.80. The van der Waals surface area contributed by atoms with Crippen LogP contribution in [0.15, 0.2) is 48.8 Å². The Morgan fingerprint density at radius 1 is 0.556 bits per heavy atom. The molecule has 2 rings (SSSR count). The zero-order chi connectivity index (χ0) is 47.1. The molecule has 0 saturated heterocycles. The van der Waals surface area contributed by atoms with Crippen molar-refractivity contribution in [2.45, 2.75) is 121 Å². The minimum Gasteiger partial charge on any atom is 0 e. The van der Waals surface area contributed by atoms with Crippen LogP contribution in [0.5, 0.6) is 0 Å². The second-order valence-electron chi connectivity index (χ2n) is 13.4. The van der Waals surface area contributed by atoms with Gasteiger partial charge in [0.05, 0.1) is 11.4 Å². The summed E-state index contributed by atoms with van der Waals surface area (Å²) >= 11 is 0. The van der Waals surface area contributed by atoms with Crippen LogP contribution >= 0.6 is 0 Å². The van der Waals surface area contributed by atoms with E-state index in [1.807, 2.05) is 36.4 Å². The number of rotatable bonds is 30. The molecule has 21 nitrogen and oxygen atoms in total. The normalized spacial score (nSPS) is 11.2. The number of aromatic nitrogens is 2. The van der Waals surface area contributed by atoms with E-state index < -0.39 is 54.5 Å². The summed E-state index contributed by atoms with van der Waals surface area (Å²) in [6, 6.07) is 6.67. The van der Waals surface area contributed by atoms with E-state index >= 15 is 0 Å². The fourth-order valence-corrected chi connectivity index (χ4v) is 5.72. The monoisotopic (exact) mass is 966 g/mol. The molecule has 22 heteroatoms. The molecular formula is C41H55N7O14Tc. The van der Waals surface area contributed by atoms with E-state index in [4.69, 9.17) is 24.2 Å². The molecule has 0 fully saturated rings. The summed E-state index contributed by atoms with van der Waals surface area (Å²) in [5.74, 6) is -5.61. The van der Waals surface area contributed by atoms with Crippen LogP contribution in [0.4, 0.5) is 4.79 Å². The van der Waals surface area contributed by atoms with Crippen molar-refractivity contribution in [3.63, 3.8) is 0 Å². The largest absolute Gasteiger partial charge is 0 e. The number of aliphatic carboxylic acids is 4. The van der Waals surface area contributed by atoms with Crippen molar-refractivity contribution in [1.82, 2.24) is 36.1 Å². The smallest absolute Gasteiger partial charge is 0 e. The standard InChI is InChI=1S/C38H55N7O11.3CO.Tc/c46-32(41-23-11-7-15-30(36(52)53)43-38(56)44-31(37(54)55)19-20-34(48)49)17-3-1-2-4-18-33(47)42-29(35(50)51)16-8-12-24-45(25-27-13-5-9-21-39-27)26-28-14-6-10-22-40-28;3*1-2;/h5-6,9-10,13-14,21-22,29-31H,1-4,7-8,11-12,15-20,23-26H2,(H,41,46)(H,42,47)(H,48,49)(H,50,51)(H,52,53)(H,54,55)(H2,43,44,56);;;;/t29?,30-,31-;;;;/m0..../s1. The van der Waals surface area contributed by atoms with Gasteiger partial charge < -0.3 is 41.7 Å². The summed E-state index contributed by atoms with van der Waals surface area (Å²) in [4.78, 5) is 93.2. The molecule has 0 bridgehead atoms. The Bertz CT molecular complexity index is 1630. The van der Waals surface area contributed by atoms with Crippen LogP contribution in [0, 0.1) is 20.0 Å². The Morgan fingerprint density at radius 3 is 1.44 bits per heavy atom. The summed E-state index contributed by atoms with van der Waals surface area (Å²) in [7, 11) is 0. The third-order valence-corrected chi connectivity index (χ3v) is 8.73. The number of carbonyl (C=O) groups is 7. The first-order valence-electron chi connectivity index (χ1n) is 19.5. The molecule has 345 valence electrons. The predicted molar refractivity (Wildman–Crippen MR) is 214 cm³/mol. The first-order chi connectivity index (χ1) is 29.8. The van der Waals surface area contributed by atoms with E-state index in [2.05, 4.69) is 56.1 Å². The quantitative estimate of drug-likeness (QED) is 0.0317. The van der Waals surface area contributed by atoms with Crippen LogP contribution in [0.2, 0.25) is 0 Å². The third-order valence-electron chi connectivity index (χ3n) is 8.73. The summed E-state index contributed by atoms with van der Waals surface area (Å²) in [5, 5.41) is 46.6. The maximum Gasteiger partial charge on any atom is 0 e. The molecule has 0 aliphatic carbocycles. The van der Waals surface area contributed by atoms with Crippen molar-refractivity contribution < 1.29 is 88.0 Å². The van der Waals surface area contributed by atoms with Gasteiger partial charge in [0.25, 0.3) is 0 Å². The summed E-state index contributed by atoms with van der Waals surface area (Å²) in [6.07, 6.45) is 8.02. The number of hydrogen-bond acceptors (Lipinski definition) is 10. The zero-order valence-electron chi connectivity index (χ0n) is 34.7. The van der Waals surface area contributed by atoms with Gasteiger partial charge in [-0.25, -0.2) is 19.2 Å². The maximum atomic E-state index is 12.5. The van der Waals surface area contributed by atoms with E-state index in [0.29, 0.717) is 71.0 Å². The van der Waals surface area contributed by atoms with Gasteiger partial charge in [-0.05, 0) is 88.6 Å². The third kappa shape index (κ3) is 32.6. The SMILES string of the molecule is O=C(O)CC[C@H](NC(=O)N[C@@H](CCCCNC(=O)CCCCCCC(=O)NC(CCCCN(Cc1ccccn1)Cc1ccccn1)C(=O)O)C(=O)O)C(=O)O.[C-]#[O+].[C-]#[O+].[C-]#[O+].[Tc]. The van der Waals surface area contributed by atoms with Crippen LogP contribution in [0.1, 0.15) is 101 Å². The van der Waals surface area contributed by atoms with E-state index in [1.54, 1.807) is 12.4 Å². The van der Waals surface area contributed by atoms with Crippen LogP contribution in [0.3, 0.4) is 0 Å². The number of amides is 4. The number of carboxylic acid groups (broad SMARTS) is 4. The Hall–Kier alpha value is -5.78. The molecule has 2 aromatic heterocycles. The van der Waals surface area contributed by atoms with E-state index in [0.717, 1.165) is 17.8 Å². The minimum absolute atomic E-state index is 0. The number of carbonyl (C=O) groups excluding carboxylic acids is 3. The number of hydrogen-bond donors (Lipinski definition) is 8. The van der Waals surface area contributed by atoms with Crippen molar-refractivity contribution in [1.29, 1.82) is 0 Å². The molecular weight excluding hydrogens is 912 g/mol. The van der Waals surface area contributed by atoms with E-state index in [1.165, 1.54) is 0 Å². The van der Waals surface area contributed by atoms with Crippen molar-refractivity contribution in [3.05, 3.63) is 80.1 Å². The number of unbranched alkanes of at least 4 members (excludes halogenated alkanes) is 5. The average Bonchev–Trinajstić information content (AvgIpc) is 3.26. The van der Waals surface area contributed by atoms with Gasteiger partial charge >= 0.3 is 63.8 Å². The number of urea groups is 1. The molecule has 0 saturated carbocycles. The van der Waals surface area contributed by atoms with E-state index in [9.17, 15) is 43.8 Å². The van der Waals surface area contributed by atoms with Gasteiger partial charge in [0.2, 0.25) is 11.8 Å². The van der Waals surface area contributed by atoms with Crippen LogP contribution < -0.4 is 21.3 Å². The summed E-state index contributed by atoms with van der Waals surface area (Å²) < 4.78 is 22.5. The van der Waals surface area contributed by atoms with Crippen molar-refractivity contribution >= 4 is 41.7 Å². The van der Waals surface area contributed by atoms with E-state index in [-0.39, 0.29) is 64.1 Å². The molecule has 0 aromatic carbocycles. The maximum absolute atomic E-state index is 12.5. The summed E-state index contributed by atoms with van der Waals surface area (Å²) in [6.45, 7) is 15.7. The molecule has 8 N–H and O–H groups in total. The first-order valence-corrected chi connectivity index (χ1v) is 19.5. The minimum atomic E-state index is -1.50. The fraction of sp³-hybridized carbons (Fsp3) is 0.512. The van der Waals surface area contributed by atoms with Crippen LogP contribution in [-0.2, 0) is 75.9 Å². The van der Waals surface area contributed by atoms with Gasteiger partial charge in [0.1, 0.15) is 18.1 Å². The molecule has 0 aliphatic rings. The van der Waals surface area contributed by atoms with Crippen molar-refractivity contribution in [2.75, 3.05) is 13.1 Å². The first kappa shape index (κ1) is 61.5. The number of carboxylic acids is 4. The van der Waals surface area contributed by atoms with Crippen molar-refractivity contribution in [2.24, 2.45) is 0 Å². The van der Waals surface area contributed by atoms with Gasteiger partial charge in [-0.2, -0.15) is 0 Å². The summed E-state index contributed by atoms with van der Waals surface area (Å²) in [5.41, 5.74) is 1.85. The van der Waals surface area contributed by atoms with Gasteiger partial charge in [-0.3, -0.25) is 29.3 Å². The Labute approximate surface area is 379 Å². The molecule has 1 unspecified atom stereocenters. The Morgan fingerprint density at radius 2 is 1.00 bits per heavy atom. The Balaban J connectivity index is -0.00000492. The second-order valence-corrected chi connectivity index (χ2v) is 13.4. The molecule has 2 aromatic rings. The van der Waals surface area contributed by atoms with Gasteiger partial charge in [0.15, 0.2) is 0 Å². The van der Waals surface area contributed by atoms with Gasteiger partial charge in [-0.1, -0.05) is 25.0 Å². The second kappa shape index (κ2) is 40.3. The zero-order valence-corrected chi connectivity index (χ0v) is 36.5. The molecule has 2 heterocycles. The molecule has 3 atom stereocenters. The van der Waals surface area contributed by atoms with Crippen LogP contribution in [-0.4, -0.2) is 108 Å². The van der Waals surface area contributed by atoms with Gasteiger partial charge in [0, 0.05) is 71.4 Å². The fourth-order valence-electron chi connectivity index (χ4n) is 5.72. The van der Waals surface area contributed by atoms with Crippen LogP contribution in [0.25, 0.3) is 0 Å². The Kier molecular flexibility index (Phi) is 39.4. The molecule has 0 spiro atoms. The molecule has 1 radical (unpaired) electrons. The number of nitrogens with zero attached hydrogens (tertiary/aromatic N) is 3. The molecule has 4 amide bonds.